The summed E-state index contributed by atoms with van der Waals surface area (Å²) in [5.74, 6) is 0.468. The molecular formula is C15H12N2O2. The quantitative estimate of drug-likeness (QED) is 0.842. The molecule has 0 spiro atoms. The predicted molar refractivity (Wildman–Crippen MR) is 71.8 cm³/mol. The van der Waals surface area contributed by atoms with Crippen LogP contribution >= 0.6 is 0 Å². The number of aliphatic imine (C=N–C) groups is 1. The molecule has 1 aromatic heterocycles. The van der Waals surface area contributed by atoms with E-state index in [2.05, 4.69) is 9.98 Å². The Labute approximate surface area is 110 Å². The monoisotopic (exact) mass is 252 g/mol. The van der Waals surface area contributed by atoms with Crippen LogP contribution in [0, 0.1) is 0 Å². The Kier molecular flexibility index (Phi) is 3.06. The summed E-state index contributed by atoms with van der Waals surface area (Å²) in [6, 6.07) is 11.5. The van der Waals surface area contributed by atoms with Crippen LogP contribution in [0.1, 0.15) is 21.5 Å². The van der Waals surface area contributed by atoms with E-state index in [1.165, 1.54) is 0 Å². The molecule has 0 bridgehead atoms. The highest BCUT2D eigenvalue weighted by Crippen LogP contribution is 2.17. The van der Waals surface area contributed by atoms with Crippen LogP contribution < -0.4 is 4.74 Å². The molecule has 3 rings (SSSR count). The zero-order valence-corrected chi connectivity index (χ0v) is 10.2. The maximum atomic E-state index is 11.7. The lowest BCUT2D eigenvalue weighted by atomic mass is 10.0. The van der Waals surface area contributed by atoms with Crippen molar-refractivity contribution in [2.24, 2.45) is 4.99 Å². The summed E-state index contributed by atoms with van der Waals surface area (Å²) in [4.78, 5) is 19.9. The number of benzene rings is 1. The number of carbonyl (C=O) groups is 1. The predicted octanol–water partition coefficient (Wildman–Crippen LogP) is 2.28. The van der Waals surface area contributed by atoms with E-state index >= 15 is 0 Å². The molecule has 94 valence electrons. The molecule has 0 aliphatic carbocycles. The summed E-state index contributed by atoms with van der Waals surface area (Å²) >= 11 is 0. The molecule has 19 heavy (non-hydrogen) atoms. The van der Waals surface area contributed by atoms with Gasteiger partial charge in [0.05, 0.1) is 0 Å². The summed E-state index contributed by atoms with van der Waals surface area (Å²) in [7, 11) is 0. The van der Waals surface area contributed by atoms with E-state index in [0.717, 1.165) is 11.1 Å². The summed E-state index contributed by atoms with van der Waals surface area (Å²) in [5, 5.41) is 0. The van der Waals surface area contributed by atoms with E-state index in [0.29, 0.717) is 18.1 Å². The first kappa shape index (κ1) is 11.6. The van der Waals surface area contributed by atoms with Gasteiger partial charge in [-0.25, -0.2) is 4.98 Å². The van der Waals surface area contributed by atoms with Crippen molar-refractivity contribution in [2.75, 3.05) is 6.54 Å². The molecular weight excluding hydrogens is 240 g/mol. The van der Waals surface area contributed by atoms with Crippen LogP contribution in [0.4, 0.5) is 0 Å². The minimum Gasteiger partial charge on any atom is -0.473 e. The molecule has 0 unspecified atom stereocenters. The number of carbonyl (C=O) groups excluding carboxylic acids is 1. The number of ether oxygens (including phenoxy) is 1. The van der Waals surface area contributed by atoms with Gasteiger partial charge in [0.1, 0.15) is 13.2 Å². The second-order valence-electron chi connectivity index (χ2n) is 4.28. The minimum atomic E-state index is 0.00413. The van der Waals surface area contributed by atoms with Crippen molar-refractivity contribution >= 4 is 12.0 Å². The Hall–Kier alpha value is -2.49. The van der Waals surface area contributed by atoms with E-state index in [4.69, 9.17) is 4.74 Å². The third-order valence-electron chi connectivity index (χ3n) is 2.90. The van der Waals surface area contributed by atoms with Crippen molar-refractivity contribution in [1.82, 2.24) is 4.98 Å². The number of hydrogen-bond donors (Lipinski definition) is 0. The van der Waals surface area contributed by atoms with Crippen molar-refractivity contribution in [1.29, 1.82) is 0 Å². The summed E-state index contributed by atoms with van der Waals surface area (Å²) in [5.41, 5.74) is 2.45. The lowest BCUT2D eigenvalue weighted by Gasteiger charge is -2.11. The first-order valence-corrected chi connectivity index (χ1v) is 6.03. The fourth-order valence-corrected chi connectivity index (χ4v) is 1.91. The zero-order valence-electron chi connectivity index (χ0n) is 10.2. The maximum Gasteiger partial charge on any atom is 0.214 e. The highest BCUT2D eigenvalue weighted by Gasteiger charge is 2.15. The van der Waals surface area contributed by atoms with Crippen molar-refractivity contribution in [2.45, 2.75) is 6.61 Å². The van der Waals surface area contributed by atoms with E-state index in [9.17, 15) is 4.79 Å². The number of hydrogen-bond acceptors (Lipinski definition) is 4. The third-order valence-corrected chi connectivity index (χ3v) is 2.90. The Balaban J connectivity index is 1.78. The van der Waals surface area contributed by atoms with E-state index in [-0.39, 0.29) is 12.3 Å². The van der Waals surface area contributed by atoms with Gasteiger partial charge in [0.15, 0.2) is 5.78 Å². The molecule has 2 aromatic rings. The number of aromatic nitrogens is 1. The summed E-state index contributed by atoms with van der Waals surface area (Å²) < 4.78 is 5.60. The lowest BCUT2D eigenvalue weighted by molar-refractivity contribution is 0.1000. The fourth-order valence-electron chi connectivity index (χ4n) is 1.91. The topological polar surface area (TPSA) is 51.5 Å². The van der Waals surface area contributed by atoms with Crippen LogP contribution in [0.2, 0.25) is 0 Å². The molecule has 1 aliphatic heterocycles. The second-order valence-corrected chi connectivity index (χ2v) is 4.28. The number of pyridine rings is 1. The molecule has 1 aliphatic rings. The van der Waals surface area contributed by atoms with Crippen molar-refractivity contribution in [3.05, 3.63) is 59.3 Å². The summed E-state index contributed by atoms with van der Waals surface area (Å²) in [6.45, 7) is 0.643. The Morgan fingerprint density at radius 2 is 2.05 bits per heavy atom. The van der Waals surface area contributed by atoms with Gasteiger partial charge >= 0.3 is 0 Å². The van der Waals surface area contributed by atoms with Gasteiger partial charge in [0, 0.05) is 29.6 Å². The van der Waals surface area contributed by atoms with Crippen LogP contribution in [0.25, 0.3) is 0 Å². The molecule has 0 saturated carbocycles. The van der Waals surface area contributed by atoms with Gasteiger partial charge in [-0.15, -0.1) is 0 Å². The van der Waals surface area contributed by atoms with Gasteiger partial charge in [-0.3, -0.25) is 9.79 Å². The van der Waals surface area contributed by atoms with E-state index in [1.807, 2.05) is 30.3 Å². The van der Waals surface area contributed by atoms with Crippen LogP contribution in [-0.4, -0.2) is 23.5 Å². The second kappa shape index (κ2) is 5.02. The smallest absolute Gasteiger partial charge is 0.214 e. The normalized spacial score (nSPS) is 13.2. The number of fused-ring (bicyclic) bond motifs is 1. The molecule has 0 N–H and O–H groups in total. The molecule has 0 radical (unpaired) electrons. The van der Waals surface area contributed by atoms with Gasteiger partial charge in [-0.2, -0.15) is 0 Å². The molecule has 2 heterocycles. The average Bonchev–Trinajstić information content (AvgIpc) is 2.47. The van der Waals surface area contributed by atoms with Crippen molar-refractivity contribution < 1.29 is 9.53 Å². The molecule has 4 nitrogen and oxygen atoms in total. The van der Waals surface area contributed by atoms with Gasteiger partial charge < -0.3 is 4.74 Å². The van der Waals surface area contributed by atoms with Crippen molar-refractivity contribution in [3.63, 3.8) is 0 Å². The first-order chi connectivity index (χ1) is 9.33. The number of rotatable bonds is 3. The van der Waals surface area contributed by atoms with Crippen LogP contribution in [0.3, 0.4) is 0 Å². The summed E-state index contributed by atoms with van der Waals surface area (Å²) in [6.07, 6.45) is 3.29. The third kappa shape index (κ3) is 2.52. The van der Waals surface area contributed by atoms with Gasteiger partial charge in [-0.1, -0.05) is 30.3 Å². The van der Waals surface area contributed by atoms with Crippen LogP contribution in [0.5, 0.6) is 5.88 Å². The SMILES string of the molecule is O=C1CN=Cc2cnc(OCc3ccccc3)cc21. The van der Waals surface area contributed by atoms with Crippen LogP contribution in [-0.2, 0) is 6.61 Å². The standard InChI is InChI=1S/C15H12N2O2/c18-14-9-16-7-12-8-17-15(6-13(12)14)19-10-11-4-2-1-3-5-11/h1-8H,9-10H2. The first-order valence-electron chi connectivity index (χ1n) is 6.03. The van der Waals surface area contributed by atoms with Gasteiger partial charge in [0.25, 0.3) is 0 Å². The molecule has 4 heteroatoms. The minimum absolute atomic E-state index is 0.00413. The van der Waals surface area contributed by atoms with Gasteiger partial charge in [-0.05, 0) is 5.56 Å². The van der Waals surface area contributed by atoms with E-state index < -0.39 is 0 Å². The number of Topliss-reactive ketones (excluding diaryl/α,β-unsaturated/α-hetero) is 1. The van der Waals surface area contributed by atoms with Crippen LogP contribution in [0.15, 0.2) is 47.6 Å². The Bertz CT molecular complexity index is 636. The van der Waals surface area contributed by atoms with Gasteiger partial charge in [0.2, 0.25) is 5.88 Å². The Morgan fingerprint density at radius 1 is 1.21 bits per heavy atom. The lowest BCUT2D eigenvalue weighted by Crippen LogP contribution is -2.13. The molecule has 0 saturated heterocycles. The average molecular weight is 252 g/mol. The Morgan fingerprint density at radius 3 is 2.89 bits per heavy atom. The zero-order chi connectivity index (χ0) is 13.1. The highest BCUT2D eigenvalue weighted by atomic mass is 16.5. The van der Waals surface area contributed by atoms with Crippen molar-refractivity contribution in [3.8, 4) is 5.88 Å². The fraction of sp³-hybridized carbons (Fsp3) is 0.133. The molecule has 0 amide bonds. The highest BCUT2D eigenvalue weighted by molar-refractivity contribution is 6.07. The number of nitrogens with zero attached hydrogens (tertiary/aromatic N) is 2. The van der Waals surface area contributed by atoms with E-state index in [1.54, 1.807) is 18.5 Å². The number of ketones is 1. The maximum absolute atomic E-state index is 11.7. The molecule has 1 aromatic carbocycles. The molecule has 0 atom stereocenters. The molecule has 0 fully saturated rings. The largest absolute Gasteiger partial charge is 0.473 e.